The van der Waals surface area contributed by atoms with Gasteiger partial charge in [-0.2, -0.15) is 4.98 Å². The fourth-order valence-electron chi connectivity index (χ4n) is 2.93. The van der Waals surface area contributed by atoms with Gasteiger partial charge in [-0.25, -0.2) is 0 Å². The van der Waals surface area contributed by atoms with Gasteiger partial charge in [-0.1, -0.05) is 18.2 Å². The van der Waals surface area contributed by atoms with Crippen molar-refractivity contribution in [2.24, 2.45) is 0 Å². The molecule has 0 bridgehead atoms. The van der Waals surface area contributed by atoms with Gasteiger partial charge in [0.1, 0.15) is 5.75 Å². The van der Waals surface area contributed by atoms with Crippen molar-refractivity contribution in [1.82, 2.24) is 20.5 Å². The molecule has 2 aliphatic rings. The van der Waals surface area contributed by atoms with Gasteiger partial charge in [-0.15, -0.1) is 5.10 Å². The van der Waals surface area contributed by atoms with Crippen molar-refractivity contribution < 1.29 is 4.74 Å². The summed E-state index contributed by atoms with van der Waals surface area (Å²) in [7, 11) is 0. The van der Waals surface area contributed by atoms with Gasteiger partial charge < -0.3 is 15.0 Å². The number of hydrogen-bond donors (Lipinski definition) is 2. The molecule has 1 aromatic heterocycles. The highest BCUT2D eigenvalue weighted by atomic mass is 16.5. The zero-order chi connectivity index (χ0) is 14.1. The minimum atomic E-state index is -0.0475. The van der Waals surface area contributed by atoms with Crippen molar-refractivity contribution >= 4 is 5.95 Å². The summed E-state index contributed by atoms with van der Waals surface area (Å²) in [5.41, 5.74) is 1.24. The van der Waals surface area contributed by atoms with E-state index in [1.54, 1.807) is 0 Å². The highest BCUT2D eigenvalue weighted by molar-refractivity contribution is 5.38. The Labute approximate surface area is 123 Å². The van der Waals surface area contributed by atoms with Crippen LogP contribution >= 0.6 is 0 Å². The summed E-state index contributed by atoms with van der Waals surface area (Å²) in [6.07, 6.45) is 1.93. The average Bonchev–Trinajstić information content (AvgIpc) is 3.07. The van der Waals surface area contributed by atoms with Crippen LogP contribution < -0.4 is 15.0 Å². The lowest BCUT2D eigenvalue weighted by Crippen LogP contribution is -2.28. The van der Waals surface area contributed by atoms with Crippen LogP contribution in [-0.2, 0) is 6.42 Å². The van der Waals surface area contributed by atoms with Gasteiger partial charge in [0.15, 0.2) is 11.9 Å². The fourth-order valence-corrected chi connectivity index (χ4v) is 2.93. The van der Waals surface area contributed by atoms with Crippen LogP contribution in [-0.4, -0.2) is 41.4 Å². The predicted octanol–water partition coefficient (Wildman–Crippen LogP) is 1.28. The second-order valence-corrected chi connectivity index (χ2v) is 5.53. The summed E-state index contributed by atoms with van der Waals surface area (Å²) < 4.78 is 5.95. The van der Waals surface area contributed by atoms with E-state index in [0.29, 0.717) is 0 Å². The maximum Gasteiger partial charge on any atom is 0.244 e. The van der Waals surface area contributed by atoms with E-state index in [2.05, 4.69) is 31.5 Å². The van der Waals surface area contributed by atoms with Gasteiger partial charge in [0.25, 0.3) is 0 Å². The van der Waals surface area contributed by atoms with E-state index in [4.69, 9.17) is 4.74 Å². The normalized spacial score (nSPS) is 21.7. The van der Waals surface area contributed by atoms with Crippen molar-refractivity contribution in [3.63, 3.8) is 0 Å². The molecular weight excluding hydrogens is 266 g/mol. The Balaban J connectivity index is 1.50. The van der Waals surface area contributed by atoms with E-state index in [1.807, 2.05) is 18.2 Å². The van der Waals surface area contributed by atoms with Gasteiger partial charge in [0, 0.05) is 26.1 Å². The van der Waals surface area contributed by atoms with Crippen LogP contribution in [0.3, 0.4) is 0 Å². The predicted molar refractivity (Wildman–Crippen MR) is 79.6 cm³/mol. The summed E-state index contributed by atoms with van der Waals surface area (Å²) in [6, 6.07) is 8.15. The van der Waals surface area contributed by atoms with Crippen molar-refractivity contribution in [1.29, 1.82) is 0 Å². The Morgan fingerprint density at radius 3 is 3.10 bits per heavy atom. The molecule has 4 rings (SSSR count). The Bertz CT molecular complexity index is 593. The topological polar surface area (TPSA) is 66.1 Å². The van der Waals surface area contributed by atoms with Gasteiger partial charge in [0.05, 0.1) is 0 Å². The second-order valence-electron chi connectivity index (χ2n) is 5.53. The number of nitrogens with one attached hydrogen (secondary N) is 2. The number of aromatic nitrogens is 3. The molecule has 1 atom stereocenters. The van der Waals surface area contributed by atoms with Crippen LogP contribution in [0.4, 0.5) is 5.95 Å². The third kappa shape index (κ3) is 2.47. The highest BCUT2D eigenvalue weighted by Crippen LogP contribution is 2.35. The van der Waals surface area contributed by atoms with Gasteiger partial charge >= 0.3 is 0 Å². The number of nitrogens with zero attached hydrogens (tertiary/aromatic N) is 3. The largest absolute Gasteiger partial charge is 0.482 e. The Morgan fingerprint density at radius 1 is 1.19 bits per heavy atom. The third-order valence-electron chi connectivity index (χ3n) is 4.07. The number of ether oxygens (including phenoxy) is 1. The molecule has 1 aromatic carbocycles. The number of anilines is 1. The number of aromatic amines is 1. The Kier molecular flexibility index (Phi) is 3.23. The molecule has 0 spiro atoms. The van der Waals surface area contributed by atoms with Crippen LogP contribution in [0.15, 0.2) is 24.3 Å². The van der Waals surface area contributed by atoms with Crippen LogP contribution in [0.1, 0.15) is 23.9 Å². The molecule has 0 amide bonds. The first kappa shape index (κ1) is 12.6. The molecule has 110 valence electrons. The lowest BCUT2D eigenvalue weighted by atomic mass is 10.1. The molecular formula is C15H19N5O. The minimum absolute atomic E-state index is 0.0475. The molecule has 1 unspecified atom stereocenters. The zero-order valence-electron chi connectivity index (χ0n) is 11.9. The number of fused-ring (bicyclic) bond motifs is 1. The molecule has 2 N–H and O–H groups in total. The standard InChI is InChI=1S/C15H19N5O/c1-2-5-12-11(4-1)10-13(21-12)14-17-15(19-18-14)20-8-3-6-16-7-9-20/h1-2,4-5,13,16H,3,6-10H2,(H,17,18,19). The monoisotopic (exact) mass is 285 g/mol. The molecule has 0 aliphatic carbocycles. The van der Waals surface area contributed by atoms with Gasteiger partial charge in [-0.05, 0) is 24.6 Å². The van der Waals surface area contributed by atoms with E-state index in [-0.39, 0.29) is 6.10 Å². The quantitative estimate of drug-likeness (QED) is 0.870. The van der Waals surface area contributed by atoms with E-state index in [9.17, 15) is 0 Å². The van der Waals surface area contributed by atoms with Gasteiger partial charge in [0.2, 0.25) is 5.95 Å². The van der Waals surface area contributed by atoms with E-state index >= 15 is 0 Å². The number of H-pyrrole nitrogens is 1. The first-order valence-electron chi connectivity index (χ1n) is 7.53. The van der Waals surface area contributed by atoms with E-state index in [1.165, 1.54) is 5.56 Å². The number of benzene rings is 1. The molecule has 2 aliphatic heterocycles. The summed E-state index contributed by atoms with van der Waals surface area (Å²) in [5, 5.41) is 10.8. The first-order chi connectivity index (χ1) is 10.4. The minimum Gasteiger partial charge on any atom is -0.482 e. The molecule has 0 saturated carbocycles. The number of hydrogen-bond acceptors (Lipinski definition) is 5. The molecule has 6 heteroatoms. The lowest BCUT2D eigenvalue weighted by molar-refractivity contribution is 0.228. The van der Waals surface area contributed by atoms with Crippen molar-refractivity contribution in [2.45, 2.75) is 18.9 Å². The summed E-state index contributed by atoms with van der Waals surface area (Å²) in [5.74, 6) is 2.56. The molecule has 3 heterocycles. The molecule has 6 nitrogen and oxygen atoms in total. The maximum atomic E-state index is 5.95. The SMILES string of the molecule is c1ccc2c(c1)CC(c1nc(N3CCCNCC3)n[nH]1)O2. The number of para-hydroxylation sites is 1. The second kappa shape index (κ2) is 5.37. The van der Waals surface area contributed by atoms with Crippen molar-refractivity contribution in [3.8, 4) is 5.75 Å². The van der Waals surface area contributed by atoms with Crippen LogP contribution in [0.25, 0.3) is 0 Å². The summed E-state index contributed by atoms with van der Waals surface area (Å²) in [4.78, 5) is 6.87. The summed E-state index contributed by atoms with van der Waals surface area (Å²) in [6.45, 7) is 3.99. The van der Waals surface area contributed by atoms with E-state index < -0.39 is 0 Å². The van der Waals surface area contributed by atoms with Crippen LogP contribution in [0, 0.1) is 0 Å². The maximum absolute atomic E-state index is 5.95. The third-order valence-corrected chi connectivity index (χ3v) is 4.07. The lowest BCUT2D eigenvalue weighted by Gasteiger charge is -2.17. The van der Waals surface area contributed by atoms with E-state index in [0.717, 1.165) is 56.5 Å². The first-order valence-corrected chi connectivity index (χ1v) is 7.53. The smallest absolute Gasteiger partial charge is 0.244 e. The van der Waals surface area contributed by atoms with Crippen molar-refractivity contribution in [2.75, 3.05) is 31.1 Å². The molecule has 1 saturated heterocycles. The summed E-state index contributed by atoms with van der Waals surface area (Å²) >= 11 is 0. The number of rotatable bonds is 2. The fraction of sp³-hybridized carbons (Fsp3) is 0.467. The van der Waals surface area contributed by atoms with Crippen LogP contribution in [0.2, 0.25) is 0 Å². The molecule has 0 radical (unpaired) electrons. The van der Waals surface area contributed by atoms with Crippen LogP contribution in [0.5, 0.6) is 5.75 Å². The van der Waals surface area contributed by atoms with Gasteiger partial charge in [-0.3, -0.25) is 5.10 Å². The molecule has 21 heavy (non-hydrogen) atoms. The molecule has 1 fully saturated rings. The highest BCUT2D eigenvalue weighted by Gasteiger charge is 2.27. The Hall–Kier alpha value is -2.08. The Morgan fingerprint density at radius 2 is 2.14 bits per heavy atom. The zero-order valence-corrected chi connectivity index (χ0v) is 11.9. The van der Waals surface area contributed by atoms with Crippen molar-refractivity contribution in [3.05, 3.63) is 35.7 Å². The average molecular weight is 285 g/mol. The molecule has 2 aromatic rings.